The molecule has 1 aromatic heterocycles. The highest BCUT2D eigenvalue weighted by molar-refractivity contribution is 6.83. The number of hydrogen-bond acceptors (Lipinski definition) is 1. The second-order valence-corrected chi connectivity index (χ2v) is 11.3. The van der Waals surface area contributed by atoms with E-state index in [4.69, 9.17) is 0 Å². The molecule has 0 radical (unpaired) electrons. The molecule has 0 saturated carbocycles. The van der Waals surface area contributed by atoms with Crippen LogP contribution in [0.3, 0.4) is 0 Å². The Bertz CT molecular complexity index is 466. The van der Waals surface area contributed by atoms with E-state index in [9.17, 15) is 0 Å². The summed E-state index contributed by atoms with van der Waals surface area (Å²) < 4.78 is 2.12. The van der Waals surface area contributed by atoms with Crippen molar-refractivity contribution in [1.82, 2.24) is 9.78 Å². The van der Waals surface area contributed by atoms with Gasteiger partial charge in [-0.15, -0.1) is 5.54 Å². The van der Waals surface area contributed by atoms with Gasteiger partial charge < -0.3 is 0 Å². The Kier molecular flexibility index (Phi) is 2.50. The zero-order valence-electron chi connectivity index (χ0n) is 10.9. The molecule has 0 fully saturated rings. The van der Waals surface area contributed by atoms with Crippen molar-refractivity contribution in [2.45, 2.75) is 46.5 Å². The van der Waals surface area contributed by atoms with Crippen LogP contribution in [0.2, 0.25) is 19.6 Å². The molecule has 1 aliphatic rings. The lowest BCUT2D eigenvalue weighted by Crippen LogP contribution is -2.16. The molecule has 3 heteroatoms. The predicted molar refractivity (Wildman–Crippen MR) is 69.9 cm³/mol. The average molecular weight is 232 g/mol. The molecular formula is C13H20N2Si. The summed E-state index contributed by atoms with van der Waals surface area (Å²) in [4.78, 5) is 0. The minimum Gasteiger partial charge on any atom is -0.268 e. The molecule has 0 aromatic carbocycles. The molecule has 0 amide bonds. The van der Waals surface area contributed by atoms with Crippen molar-refractivity contribution in [1.29, 1.82) is 0 Å². The summed E-state index contributed by atoms with van der Waals surface area (Å²) >= 11 is 0. The van der Waals surface area contributed by atoms with Gasteiger partial charge in [0.2, 0.25) is 0 Å². The van der Waals surface area contributed by atoms with Gasteiger partial charge in [0.15, 0.2) is 0 Å². The van der Waals surface area contributed by atoms with Crippen LogP contribution in [0.4, 0.5) is 0 Å². The second kappa shape index (κ2) is 3.49. The van der Waals surface area contributed by atoms with Crippen molar-refractivity contribution in [2.24, 2.45) is 5.41 Å². The second-order valence-electron chi connectivity index (χ2n) is 6.50. The molecule has 2 nitrogen and oxygen atoms in total. The molecule has 86 valence electrons. The molecular weight excluding hydrogens is 212 g/mol. The van der Waals surface area contributed by atoms with Crippen molar-refractivity contribution >= 4 is 8.07 Å². The highest BCUT2D eigenvalue weighted by atomic mass is 28.3. The van der Waals surface area contributed by atoms with E-state index < -0.39 is 8.07 Å². The fraction of sp³-hybridized carbons (Fsp3) is 0.615. The molecule has 16 heavy (non-hydrogen) atoms. The first-order valence-corrected chi connectivity index (χ1v) is 9.35. The summed E-state index contributed by atoms with van der Waals surface area (Å²) in [5.41, 5.74) is 6.24. The molecule has 0 N–H and O–H groups in total. The predicted octanol–water partition coefficient (Wildman–Crippen LogP) is 2.69. The Labute approximate surface area is 99.1 Å². The third kappa shape index (κ3) is 2.38. The zero-order valence-corrected chi connectivity index (χ0v) is 11.9. The van der Waals surface area contributed by atoms with Gasteiger partial charge in [0.05, 0.1) is 17.5 Å². The van der Waals surface area contributed by atoms with Crippen LogP contribution in [0, 0.1) is 16.9 Å². The molecule has 0 spiro atoms. The van der Waals surface area contributed by atoms with Gasteiger partial charge in [-0.3, -0.25) is 4.68 Å². The first-order valence-electron chi connectivity index (χ1n) is 5.85. The van der Waals surface area contributed by atoms with Gasteiger partial charge in [-0.1, -0.05) is 39.4 Å². The van der Waals surface area contributed by atoms with Gasteiger partial charge >= 0.3 is 0 Å². The van der Waals surface area contributed by atoms with Gasteiger partial charge in [-0.2, -0.15) is 5.10 Å². The Balaban J connectivity index is 2.30. The SMILES string of the molecule is CC1(C)Cc2c(C#C[Si](C)(C)C)cnn2C1. The van der Waals surface area contributed by atoms with Gasteiger partial charge in [0.1, 0.15) is 8.07 Å². The normalized spacial score (nSPS) is 17.8. The lowest BCUT2D eigenvalue weighted by atomic mass is 9.90. The van der Waals surface area contributed by atoms with Crippen molar-refractivity contribution in [3.63, 3.8) is 0 Å². The number of rotatable bonds is 0. The van der Waals surface area contributed by atoms with Crippen molar-refractivity contribution in [3.8, 4) is 11.5 Å². The third-order valence-electron chi connectivity index (χ3n) is 2.74. The lowest BCUT2D eigenvalue weighted by molar-refractivity contribution is 0.347. The number of aromatic nitrogens is 2. The molecule has 1 aliphatic heterocycles. The fourth-order valence-electron chi connectivity index (χ4n) is 2.01. The Hall–Kier alpha value is -1.01. The Morgan fingerprint density at radius 2 is 2.06 bits per heavy atom. The van der Waals surface area contributed by atoms with E-state index in [0.717, 1.165) is 18.5 Å². The number of fused-ring (bicyclic) bond motifs is 1. The maximum absolute atomic E-state index is 4.42. The van der Waals surface area contributed by atoms with E-state index >= 15 is 0 Å². The molecule has 2 rings (SSSR count). The van der Waals surface area contributed by atoms with E-state index in [1.165, 1.54) is 5.69 Å². The average Bonchev–Trinajstić information content (AvgIpc) is 2.55. The molecule has 0 atom stereocenters. The van der Waals surface area contributed by atoms with Crippen LogP contribution in [0.1, 0.15) is 25.1 Å². The first-order chi connectivity index (χ1) is 7.27. The van der Waals surface area contributed by atoms with E-state index in [0.29, 0.717) is 5.41 Å². The summed E-state index contributed by atoms with van der Waals surface area (Å²) in [7, 11) is -1.28. The first kappa shape index (κ1) is 11.5. The molecule has 0 bridgehead atoms. The quantitative estimate of drug-likeness (QED) is 0.497. The molecule has 0 aliphatic carbocycles. The van der Waals surface area contributed by atoms with Crippen LogP contribution in [0.25, 0.3) is 0 Å². The molecule has 1 aromatic rings. The van der Waals surface area contributed by atoms with Gasteiger partial charge in [-0.25, -0.2) is 0 Å². The van der Waals surface area contributed by atoms with E-state index in [1.807, 2.05) is 6.20 Å². The fourth-order valence-corrected chi connectivity index (χ4v) is 2.52. The monoisotopic (exact) mass is 232 g/mol. The third-order valence-corrected chi connectivity index (χ3v) is 3.62. The minimum atomic E-state index is -1.28. The van der Waals surface area contributed by atoms with Crippen LogP contribution in [-0.2, 0) is 13.0 Å². The zero-order chi connectivity index (χ0) is 12.0. The smallest absolute Gasteiger partial charge is 0.129 e. The van der Waals surface area contributed by atoms with E-state index in [2.05, 4.69) is 54.7 Å². The highest BCUT2D eigenvalue weighted by Crippen LogP contribution is 2.32. The summed E-state index contributed by atoms with van der Waals surface area (Å²) in [6, 6.07) is 0. The summed E-state index contributed by atoms with van der Waals surface area (Å²) in [5.74, 6) is 3.33. The molecule has 0 unspecified atom stereocenters. The summed E-state index contributed by atoms with van der Waals surface area (Å²) in [6.07, 6.45) is 3.03. The number of hydrogen-bond donors (Lipinski definition) is 0. The van der Waals surface area contributed by atoms with Gasteiger partial charge in [0.25, 0.3) is 0 Å². The van der Waals surface area contributed by atoms with Crippen LogP contribution in [-0.4, -0.2) is 17.9 Å². The van der Waals surface area contributed by atoms with Gasteiger partial charge in [0, 0.05) is 6.54 Å². The summed E-state index contributed by atoms with van der Waals surface area (Å²) in [6.45, 7) is 12.4. The maximum atomic E-state index is 4.42. The summed E-state index contributed by atoms with van der Waals surface area (Å²) in [5, 5.41) is 4.42. The Morgan fingerprint density at radius 1 is 1.38 bits per heavy atom. The standard InChI is InChI=1S/C13H20N2Si/c1-13(2)8-12-11(6-7-16(3,4)5)9-14-15(12)10-13/h9H,8,10H2,1-5H3. The topological polar surface area (TPSA) is 17.8 Å². The van der Waals surface area contributed by atoms with Crippen LogP contribution in [0.15, 0.2) is 6.20 Å². The van der Waals surface area contributed by atoms with Gasteiger partial charge in [-0.05, 0) is 11.8 Å². The van der Waals surface area contributed by atoms with Crippen molar-refractivity contribution in [2.75, 3.05) is 0 Å². The van der Waals surface area contributed by atoms with Crippen molar-refractivity contribution in [3.05, 3.63) is 17.5 Å². The Morgan fingerprint density at radius 3 is 2.69 bits per heavy atom. The largest absolute Gasteiger partial charge is 0.268 e. The molecule has 2 heterocycles. The maximum Gasteiger partial charge on any atom is 0.129 e. The van der Waals surface area contributed by atoms with E-state index in [1.54, 1.807) is 0 Å². The van der Waals surface area contributed by atoms with Crippen LogP contribution < -0.4 is 0 Å². The van der Waals surface area contributed by atoms with Crippen LogP contribution >= 0.6 is 0 Å². The lowest BCUT2D eigenvalue weighted by Gasteiger charge is -2.14. The minimum absolute atomic E-state index is 0.346. The highest BCUT2D eigenvalue weighted by Gasteiger charge is 2.30. The van der Waals surface area contributed by atoms with Crippen molar-refractivity contribution < 1.29 is 0 Å². The van der Waals surface area contributed by atoms with E-state index in [-0.39, 0.29) is 0 Å². The molecule has 0 saturated heterocycles. The number of nitrogens with zero attached hydrogens (tertiary/aromatic N) is 2. The van der Waals surface area contributed by atoms with Crippen LogP contribution in [0.5, 0.6) is 0 Å².